The Morgan fingerprint density at radius 3 is 2.60 bits per heavy atom. The smallest absolute Gasteiger partial charge is 0.248 e. The molecule has 0 spiro atoms. The van der Waals surface area contributed by atoms with E-state index in [1.54, 1.807) is 36.4 Å². The molecule has 1 N–H and O–H groups in total. The minimum atomic E-state index is -0.367. The van der Waals surface area contributed by atoms with Crippen LogP contribution in [-0.2, 0) is 4.79 Å². The summed E-state index contributed by atoms with van der Waals surface area (Å²) in [7, 11) is 1.53. The van der Waals surface area contributed by atoms with Gasteiger partial charge in [0.15, 0.2) is 0 Å². The fourth-order valence-corrected chi connectivity index (χ4v) is 1.70. The van der Waals surface area contributed by atoms with Crippen LogP contribution in [0.2, 0.25) is 0 Å². The molecule has 0 bridgehead atoms. The maximum atomic E-state index is 13.4. The Bertz CT molecular complexity index is 638. The van der Waals surface area contributed by atoms with Crippen LogP contribution in [0.5, 0.6) is 5.75 Å². The first-order valence-electron chi connectivity index (χ1n) is 6.07. The van der Waals surface area contributed by atoms with Crippen LogP contribution in [0.25, 0.3) is 6.08 Å². The predicted molar refractivity (Wildman–Crippen MR) is 77.1 cm³/mol. The summed E-state index contributed by atoms with van der Waals surface area (Å²) >= 11 is 0. The zero-order valence-electron chi connectivity index (χ0n) is 11.0. The molecule has 0 fully saturated rings. The van der Waals surface area contributed by atoms with Crippen LogP contribution < -0.4 is 10.1 Å². The minimum Gasteiger partial charge on any atom is -0.495 e. The van der Waals surface area contributed by atoms with Crippen molar-refractivity contribution in [3.63, 3.8) is 0 Å². The van der Waals surface area contributed by atoms with Crippen LogP contribution in [0, 0.1) is 5.82 Å². The van der Waals surface area contributed by atoms with E-state index in [-0.39, 0.29) is 11.7 Å². The van der Waals surface area contributed by atoms with Crippen molar-refractivity contribution in [2.24, 2.45) is 0 Å². The van der Waals surface area contributed by atoms with Gasteiger partial charge < -0.3 is 10.1 Å². The van der Waals surface area contributed by atoms with E-state index in [2.05, 4.69) is 5.32 Å². The fraction of sp³-hybridized carbons (Fsp3) is 0.0625. The number of anilines is 1. The second kappa shape index (κ2) is 6.52. The summed E-state index contributed by atoms with van der Waals surface area (Å²) in [5, 5.41) is 2.68. The molecule has 0 saturated carbocycles. The summed E-state index contributed by atoms with van der Waals surface area (Å²) in [6.07, 6.45) is 2.71. The molecule has 0 aliphatic carbocycles. The molecule has 0 radical (unpaired) electrons. The standard InChI is InChI=1S/C16H14FNO2/c1-20-15-9-5-4-8-14(15)18-16(19)11-10-12-6-2-3-7-13(12)17/h2-11H,1H3,(H,18,19). The molecule has 0 aromatic heterocycles. The van der Waals surface area contributed by atoms with E-state index in [1.165, 1.54) is 25.3 Å². The van der Waals surface area contributed by atoms with Gasteiger partial charge in [-0.05, 0) is 24.3 Å². The van der Waals surface area contributed by atoms with Gasteiger partial charge in [0.1, 0.15) is 11.6 Å². The third-order valence-corrected chi connectivity index (χ3v) is 2.68. The highest BCUT2D eigenvalue weighted by atomic mass is 19.1. The minimum absolute atomic E-state index is 0.349. The summed E-state index contributed by atoms with van der Waals surface area (Å²) in [5.41, 5.74) is 0.931. The number of methoxy groups -OCH3 is 1. The number of carbonyl (C=O) groups excluding carboxylic acids is 1. The molecule has 3 nitrogen and oxygen atoms in total. The quantitative estimate of drug-likeness (QED) is 0.864. The summed E-state index contributed by atoms with van der Waals surface area (Å²) in [6.45, 7) is 0. The first kappa shape index (κ1) is 13.8. The van der Waals surface area contributed by atoms with Crippen molar-refractivity contribution < 1.29 is 13.9 Å². The maximum Gasteiger partial charge on any atom is 0.248 e. The van der Waals surface area contributed by atoms with Crippen LogP contribution in [0.4, 0.5) is 10.1 Å². The summed E-state index contributed by atoms with van der Waals surface area (Å²) in [4.78, 5) is 11.8. The molecule has 0 atom stereocenters. The van der Waals surface area contributed by atoms with Gasteiger partial charge in [0, 0.05) is 11.6 Å². The van der Waals surface area contributed by atoms with Gasteiger partial charge in [-0.1, -0.05) is 30.3 Å². The second-order valence-corrected chi connectivity index (χ2v) is 4.04. The number of hydrogen-bond donors (Lipinski definition) is 1. The molecule has 0 heterocycles. The van der Waals surface area contributed by atoms with Gasteiger partial charge in [-0.3, -0.25) is 4.79 Å². The molecule has 0 aliphatic heterocycles. The zero-order chi connectivity index (χ0) is 14.4. The lowest BCUT2D eigenvalue weighted by Gasteiger charge is -2.07. The van der Waals surface area contributed by atoms with E-state index in [9.17, 15) is 9.18 Å². The highest BCUT2D eigenvalue weighted by Gasteiger charge is 2.04. The lowest BCUT2D eigenvalue weighted by atomic mass is 10.2. The molecule has 2 rings (SSSR count). The number of halogens is 1. The molecule has 0 unspecified atom stereocenters. The Hall–Kier alpha value is -2.62. The average Bonchev–Trinajstić information content (AvgIpc) is 2.47. The Balaban J connectivity index is 2.08. The number of nitrogens with one attached hydrogen (secondary N) is 1. The monoisotopic (exact) mass is 271 g/mol. The summed E-state index contributed by atoms with van der Waals surface area (Å²) < 4.78 is 18.5. The SMILES string of the molecule is COc1ccccc1NC(=O)C=Cc1ccccc1F. The van der Waals surface area contributed by atoms with Gasteiger partial charge in [0.05, 0.1) is 12.8 Å². The van der Waals surface area contributed by atoms with E-state index in [0.717, 1.165) is 0 Å². The molecule has 2 aromatic rings. The van der Waals surface area contributed by atoms with Crippen LogP contribution in [0.1, 0.15) is 5.56 Å². The molecule has 102 valence electrons. The molecule has 1 amide bonds. The van der Waals surface area contributed by atoms with Crippen molar-refractivity contribution >= 4 is 17.7 Å². The van der Waals surface area contributed by atoms with Crippen LogP contribution in [-0.4, -0.2) is 13.0 Å². The van der Waals surface area contributed by atoms with Crippen molar-refractivity contribution in [3.8, 4) is 5.75 Å². The van der Waals surface area contributed by atoms with Crippen molar-refractivity contribution in [1.82, 2.24) is 0 Å². The van der Waals surface area contributed by atoms with Crippen LogP contribution in [0.15, 0.2) is 54.6 Å². The van der Waals surface area contributed by atoms with E-state index in [0.29, 0.717) is 17.0 Å². The van der Waals surface area contributed by atoms with Gasteiger partial charge in [0.2, 0.25) is 5.91 Å². The van der Waals surface area contributed by atoms with Crippen molar-refractivity contribution in [2.75, 3.05) is 12.4 Å². The van der Waals surface area contributed by atoms with Gasteiger partial charge in [-0.15, -0.1) is 0 Å². The Kier molecular flexibility index (Phi) is 4.50. The van der Waals surface area contributed by atoms with Gasteiger partial charge in [-0.2, -0.15) is 0 Å². The van der Waals surface area contributed by atoms with Gasteiger partial charge in [-0.25, -0.2) is 4.39 Å². The van der Waals surface area contributed by atoms with Crippen LogP contribution in [0.3, 0.4) is 0 Å². The Morgan fingerprint density at radius 2 is 1.85 bits per heavy atom. The highest BCUT2D eigenvalue weighted by molar-refractivity contribution is 6.02. The first-order valence-corrected chi connectivity index (χ1v) is 6.07. The lowest BCUT2D eigenvalue weighted by molar-refractivity contribution is -0.111. The highest BCUT2D eigenvalue weighted by Crippen LogP contribution is 2.22. The molecule has 4 heteroatoms. The lowest BCUT2D eigenvalue weighted by Crippen LogP contribution is -2.08. The molecular formula is C16H14FNO2. The van der Waals surface area contributed by atoms with Crippen LogP contribution >= 0.6 is 0 Å². The number of ether oxygens (including phenoxy) is 1. The number of benzene rings is 2. The van der Waals surface area contributed by atoms with Gasteiger partial charge in [0.25, 0.3) is 0 Å². The Labute approximate surface area is 116 Å². The van der Waals surface area contributed by atoms with E-state index in [4.69, 9.17) is 4.74 Å². The molecule has 20 heavy (non-hydrogen) atoms. The summed E-state index contributed by atoms with van der Waals surface area (Å²) in [6, 6.07) is 13.3. The predicted octanol–water partition coefficient (Wildman–Crippen LogP) is 3.49. The molecular weight excluding hydrogens is 257 g/mol. The van der Waals surface area contributed by atoms with E-state index in [1.807, 2.05) is 6.07 Å². The number of para-hydroxylation sites is 2. The zero-order valence-corrected chi connectivity index (χ0v) is 11.0. The third-order valence-electron chi connectivity index (χ3n) is 2.68. The average molecular weight is 271 g/mol. The first-order chi connectivity index (χ1) is 9.70. The molecule has 0 aliphatic rings. The van der Waals surface area contributed by atoms with E-state index < -0.39 is 0 Å². The fourth-order valence-electron chi connectivity index (χ4n) is 1.70. The summed E-state index contributed by atoms with van der Waals surface area (Å²) in [5.74, 6) is -0.147. The number of carbonyl (C=O) groups is 1. The third kappa shape index (κ3) is 3.45. The Morgan fingerprint density at radius 1 is 1.15 bits per heavy atom. The van der Waals surface area contributed by atoms with Gasteiger partial charge >= 0.3 is 0 Å². The van der Waals surface area contributed by atoms with Crippen molar-refractivity contribution in [2.45, 2.75) is 0 Å². The number of hydrogen-bond acceptors (Lipinski definition) is 2. The van der Waals surface area contributed by atoms with Crippen molar-refractivity contribution in [3.05, 3.63) is 66.0 Å². The van der Waals surface area contributed by atoms with Crippen molar-refractivity contribution in [1.29, 1.82) is 0 Å². The van der Waals surface area contributed by atoms with E-state index >= 15 is 0 Å². The number of amides is 1. The topological polar surface area (TPSA) is 38.3 Å². The molecule has 0 saturated heterocycles. The number of rotatable bonds is 4. The molecule has 2 aromatic carbocycles. The maximum absolute atomic E-state index is 13.4. The largest absolute Gasteiger partial charge is 0.495 e. The second-order valence-electron chi connectivity index (χ2n) is 4.04. The normalized spacial score (nSPS) is 10.5.